The van der Waals surface area contributed by atoms with E-state index in [1.165, 1.54) is 67.8 Å². The molecule has 0 saturated heterocycles. The van der Waals surface area contributed by atoms with Gasteiger partial charge in [-0.1, -0.05) is 35.9 Å². The molecule has 0 heterocycles. The van der Waals surface area contributed by atoms with Crippen molar-refractivity contribution >= 4 is 43.0 Å². The maximum atomic E-state index is 13.2. The molecule has 0 N–H and O–H groups in total. The smallest absolute Gasteiger partial charge is 0.282 e. The number of nitrogens with zero attached hydrogens (tertiary/aromatic N) is 1. The molecule has 33 heavy (non-hydrogen) atoms. The minimum Gasteiger partial charge on any atom is -0.497 e. The number of hydrogen-bond acceptors (Lipinski definition) is 6. The summed E-state index contributed by atoms with van der Waals surface area (Å²) in [5.74, 6) is -0.284. The van der Waals surface area contributed by atoms with E-state index in [4.69, 9.17) is 16.3 Å². The zero-order chi connectivity index (χ0) is 23.8. The van der Waals surface area contributed by atoms with Gasteiger partial charge < -0.3 is 4.74 Å². The number of fused-ring (bicyclic) bond motifs is 1. The number of allylic oxidation sites excluding steroid dienone is 2. The van der Waals surface area contributed by atoms with Crippen molar-refractivity contribution in [3.05, 3.63) is 99.9 Å². The van der Waals surface area contributed by atoms with Crippen molar-refractivity contribution in [2.75, 3.05) is 7.11 Å². The first-order valence-electron chi connectivity index (χ1n) is 9.49. The van der Waals surface area contributed by atoms with Gasteiger partial charge in [0.1, 0.15) is 10.7 Å². The molecule has 1 aliphatic rings. The van der Waals surface area contributed by atoms with Crippen LogP contribution >= 0.6 is 11.6 Å². The van der Waals surface area contributed by atoms with Crippen LogP contribution in [0.25, 0.3) is 0 Å². The number of sulfone groups is 1. The summed E-state index contributed by atoms with van der Waals surface area (Å²) >= 11 is 5.85. The summed E-state index contributed by atoms with van der Waals surface area (Å²) in [5.41, 5.74) is 0.0967. The predicted molar refractivity (Wildman–Crippen MR) is 124 cm³/mol. The third-order valence-electron chi connectivity index (χ3n) is 4.93. The van der Waals surface area contributed by atoms with E-state index >= 15 is 0 Å². The third-order valence-corrected chi connectivity index (χ3v) is 8.26. The number of carbonyl (C=O) groups excluding carboxylic acids is 1. The van der Waals surface area contributed by atoms with E-state index in [9.17, 15) is 21.6 Å². The number of sulfonamides is 1. The van der Waals surface area contributed by atoms with E-state index in [1.807, 2.05) is 0 Å². The molecule has 0 aliphatic heterocycles. The van der Waals surface area contributed by atoms with Crippen molar-refractivity contribution in [2.45, 2.75) is 9.79 Å². The molecule has 0 aromatic heterocycles. The second-order valence-corrected chi connectivity index (χ2v) is 10.9. The Bertz CT molecular complexity index is 1520. The Kier molecular flexibility index (Phi) is 5.96. The molecule has 0 fully saturated rings. The van der Waals surface area contributed by atoms with E-state index in [2.05, 4.69) is 4.40 Å². The van der Waals surface area contributed by atoms with Crippen LogP contribution < -0.4 is 4.74 Å². The van der Waals surface area contributed by atoms with E-state index < -0.39 is 30.5 Å². The van der Waals surface area contributed by atoms with E-state index in [1.54, 1.807) is 12.1 Å². The minimum absolute atomic E-state index is 0.0382. The summed E-state index contributed by atoms with van der Waals surface area (Å²) in [6.45, 7) is 0. The van der Waals surface area contributed by atoms with Crippen molar-refractivity contribution in [1.29, 1.82) is 0 Å². The Morgan fingerprint density at radius 3 is 1.97 bits per heavy atom. The average molecular weight is 502 g/mol. The highest BCUT2D eigenvalue weighted by Gasteiger charge is 2.34. The molecular formula is C23H16ClNO6S2. The summed E-state index contributed by atoms with van der Waals surface area (Å²) in [7, 11) is -7.04. The van der Waals surface area contributed by atoms with Crippen molar-refractivity contribution in [3.8, 4) is 5.75 Å². The van der Waals surface area contributed by atoms with Gasteiger partial charge in [0.25, 0.3) is 10.0 Å². The van der Waals surface area contributed by atoms with Gasteiger partial charge in [-0.05, 0) is 54.6 Å². The quantitative estimate of drug-likeness (QED) is 0.521. The number of hydrogen-bond donors (Lipinski definition) is 0. The second kappa shape index (κ2) is 8.58. The summed E-state index contributed by atoms with van der Waals surface area (Å²) in [5, 5.41) is 0.330. The van der Waals surface area contributed by atoms with Crippen molar-refractivity contribution in [1.82, 2.24) is 0 Å². The zero-order valence-corrected chi connectivity index (χ0v) is 19.5. The number of ether oxygens (including phenoxy) is 1. The fourth-order valence-electron chi connectivity index (χ4n) is 3.25. The molecule has 0 unspecified atom stereocenters. The fraction of sp³-hybridized carbons (Fsp3) is 0.0435. The van der Waals surface area contributed by atoms with Crippen LogP contribution in [-0.2, 0) is 19.9 Å². The maximum Gasteiger partial charge on any atom is 0.282 e. The number of methoxy groups -OCH3 is 1. The molecule has 7 nitrogen and oxygen atoms in total. The van der Waals surface area contributed by atoms with Gasteiger partial charge in [-0.2, -0.15) is 12.8 Å². The standard InChI is InChI=1S/C23H16ClNO6S2/c1-31-16-8-12-18(13-9-16)33(29,30)25-21-14-22(23(26)20-5-3-2-4-19(20)21)32(27,28)17-10-6-15(24)7-11-17/h2-14H,1H3. The highest BCUT2D eigenvalue weighted by atomic mass is 35.5. The van der Waals surface area contributed by atoms with Gasteiger partial charge >= 0.3 is 0 Å². The Morgan fingerprint density at radius 1 is 0.788 bits per heavy atom. The first-order chi connectivity index (χ1) is 15.6. The lowest BCUT2D eigenvalue weighted by molar-refractivity contribution is 0.104. The Labute approximate surface area is 196 Å². The van der Waals surface area contributed by atoms with Gasteiger partial charge in [-0.15, -0.1) is 0 Å². The van der Waals surface area contributed by atoms with E-state index in [0.29, 0.717) is 10.8 Å². The largest absolute Gasteiger partial charge is 0.497 e. The van der Waals surface area contributed by atoms with Gasteiger partial charge in [0.05, 0.1) is 22.6 Å². The normalized spacial score (nSPS) is 15.2. The highest BCUT2D eigenvalue weighted by molar-refractivity contribution is 7.96. The molecule has 10 heteroatoms. The SMILES string of the molecule is COc1ccc(S(=O)(=O)N=C2C=C(S(=O)(=O)c3ccc(Cl)cc3)C(=O)c3ccccc32)cc1. The molecule has 168 valence electrons. The van der Waals surface area contributed by atoms with Crippen LogP contribution in [-0.4, -0.2) is 35.4 Å². The van der Waals surface area contributed by atoms with Gasteiger partial charge in [-0.3, -0.25) is 4.79 Å². The van der Waals surface area contributed by atoms with E-state index in [0.717, 1.165) is 6.08 Å². The van der Waals surface area contributed by atoms with Crippen LogP contribution in [0, 0.1) is 0 Å². The maximum absolute atomic E-state index is 13.2. The lowest BCUT2D eigenvalue weighted by atomic mass is 9.94. The third kappa shape index (κ3) is 4.35. The van der Waals surface area contributed by atoms with Crippen LogP contribution in [0.1, 0.15) is 15.9 Å². The van der Waals surface area contributed by atoms with Crippen molar-refractivity contribution in [2.24, 2.45) is 4.40 Å². The lowest BCUT2D eigenvalue weighted by Crippen LogP contribution is -2.23. The second-order valence-electron chi connectivity index (χ2n) is 6.97. The van der Waals surface area contributed by atoms with Crippen LogP contribution in [0.3, 0.4) is 0 Å². The Balaban J connectivity index is 1.89. The summed E-state index contributed by atoms with van der Waals surface area (Å²) in [4.78, 5) is 12.2. The first-order valence-corrected chi connectivity index (χ1v) is 12.8. The van der Waals surface area contributed by atoms with Gasteiger partial charge in [0.2, 0.25) is 15.6 Å². The summed E-state index contributed by atoms with van der Waals surface area (Å²) < 4.78 is 61.3. The van der Waals surface area contributed by atoms with Gasteiger partial charge in [0, 0.05) is 16.1 Å². The van der Waals surface area contributed by atoms with Crippen molar-refractivity contribution < 1.29 is 26.4 Å². The molecule has 3 aromatic rings. The predicted octanol–water partition coefficient (Wildman–Crippen LogP) is 4.08. The number of carbonyl (C=O) groups is 1. The van der Waals surface area contributed by atoms with Crippen LogP contribution in [0.2, 0.25) is 5.02 Å². The number of rotatable bonds is 5. The summed E-state index contributed by atoms with van der Waals surface area (Å²) in [6, 6.07) is 17.0. The topological polar surface area (TPSA) is 107 Å². The number of halogens is 1. The van der Waals surface area contributed by atoms with Crippen LogP contribution in [0.5, 0.6) is 5.75 Å². The minimum atomic E-state index is -4.27. The molecule has 0 spiro atoms. The molecule has 0 bridgehead atoms. The number of Topliss-reactive ketones (excluding diaryl/α,β-unsaturated/α-hetero) is 1. The number of benzene rings is 3. The average Bonchev–Trinajstić information content (AvgIpc) is 2.81. The van der Waals surface area contributed by atoms with Gasteiger partial charge in [-0.25, -0.2) is 8.42 Å². The highest BCUT2D eigenvalue weighted by Crippen LogP contribution is 2.30. The fourth-order valence-corrected chi connectivity index (χ4v) is 5.74. The van der Waals surface area contributed by atoms with Crippen molar-refractivity contribution in [3.63, 3.8) is 0 Å². The summed E-state index contributed by atoms with van der Waals surface area (Å²) in [6.07, 6.45) is 0.996. The Hall–Kier alpha value is -3.27. The lowest BCUT2D eigenvalue weighted by Gasteiger charge is -2.17. The van der Waals surface area contributed by atoms with Gasteiger partial charge in [0.15, 0.2) is 0 Å². The molecule has 1 aliphatic carbocycles. The molecule has 0 radical (unpaired) electrons. The molecule has 0 atom stereocenters. The number of ketones is 1. The molecule has 0 saturated carbocycles. The van der Waals surface area contributed by atoms with E-state index in [-0.39, 0.29) is 26.6 Å². The van der Waals surface area contributed by atoms with Crippen LogP contribution in [0.4, 0.5) is 0 Å². The monoisotopic (exact) mass is 501 g/mol. The first kappa shape index (κ1) is 22.9. The Morgan fingerprint density at radius 2 is 1.36 bits per heavy atom. The molecular weight excluding hydrogens is 486 g/mol. The molecule has 4 rings (SSSR count). The van der Waals surface area contributed by atoms with Crippen LogP contribution in [0.15, 0.2) is 98.0 Å². The molecule has 3 aromatic carbocycles. The molecule has 0 amide bonds. The zero-order valence-electron chi connectivity index (χ0n) is 17.1.